The number of amides is 2. The van der Waals surface area contributed by atoms with Gasteiger partial charge < -0.3 is 20.1 Å². The molecule has 2 amide bonds. The molecule has 6 nitrogen and oxygen atoms in total. The summed E-state index contributed by atoms with van der Waals surface area (Å²) in [5.74, 6) is 0.154. The van der Waals surface area contributed by atoms with Gasteiger partial charge in [0.2, 0.25) is 5.91 Å². The van der Waals surface area contributed by atoms with E-state index in [0.717, 1.165) is 6.42 Å². The second-order valence-corrected chi connectivity index (χ2v) is 6.71. The van der Waals surface area contributed by atoms with Crippen molar-refractivity contribution in [3.05, 3.63) is 45.9 Å². The molecule has 0 fully saturated rings. The molecule has 2 aromatic rings. The maximum atomic E-state index is 12.7. The maximum Gasteiger partial charge on any atom is 0.255 e. The zero-order valence-corrected chi connectivity index (χ0v) is 17.4. The van der Waals surface area contributed by atoms with Gasteiger partial charge in [-0.3, -0.25) is 9.59 Å². The Kier molecular flexibility index (Phi) is 7.96. The zero-order chi connectivity index (χ0) is 20.7. The first-order valence-corrected chi connectivity index (χ1v) is 9.58. The van der Waals surface area contributed by atoms with E-state index in [1.807, 2.05) is 13.8 Å². The SMILES string of the molecule is CCCOc1c(Cl)cc(C(=O)Nc2cc(NC(C)=O)ccc2Cl)cc1OCC. The number of halogens is 2. The van der Waals surface area contributed by atoms with Crippen LogP contribution in [0.3, 0.4) is 0 Å². The second-order valence-electron chi connectivity index (χ2n) is 5.90. The van der Waals surface area contributed by atoms with Crippen molar-refractivity contribution >= 4 is 46.4 Å². The third-order valence-electron chi connectivity index (χ3n) is 3.56. The molecule has 0 heterocycles. The van der Waals surface area contributed by atoms with E-state index in [9.17, 15) is 9.59 Å². The lowest BCUT2D eigenvalue weighted by Crippen LogP contribution is -2.14. The summed E-state index contributed by atoms with van der Waals surface area (Å²) < 4.78 is 11.2. The van der Waals surface area contributed by atoms with Gasteiger partial charge in [0.05, 0.1) is 28.9 Å². The van der Waals surface area contributed by atoms with Gasteiger partial charge in [0.25, 0.3) is 5.91 Å². The fourth-order valence-electron chi connectivity index (χ4n) is 2.40. The molecule has 2 N–H and O–H groups in total. The smallest absolute Gasteiger partial charge is 0.255 e. The molecular weight excluding hydrogens is 403 g/mol. The highest BCUT2D eigenvalue weighted by Crippen LogP contribution is 2.37. The Morgan fingerprint density at radius 3 is 2.39 bits per heavy atom. The average Bonchev–Trinajstić information content (AvgIpc) is 2.63. The Hall–Kier alpha value is -2.44. The molecule has 0 radical (unpaired) electrons. The minimum Gasteiger partial charge on any atom is -0.490 e. The van der Waals surface area contributed by atoms with Crippen LogP contribution in [-0.2, 0) is 4.79 Å². The van der Waals surface area contributed by atoms with Crippen LogP contribution in [0.25, 0.3) is 0 Å². The molecule has 0 bridgehead atoms. The largest absolute Gasteiger partial charge is 0.490 e. The average molecular weight is 425 g/mol. The first-order chi connectivity index (χ1) is 13.3. The molecule has 0 aliphatic carbocycles. The van der Waals surface area contributed by atoms with Crippen LogP contribution in [0.5, 0.6) is 11.5 Å². The monoisotopic (exact) mass is 424 g/mol. The zero-order valence-electron chi connectivity index (χ0n) is 15.9. The Morgan fingerprint density at radius 2 is 1.75 bits per heavy atom. The summed E-state index contributed by atoms with van der Waals surface area (Å²) in [6, 6.07) is 7.88. The van der Waals surface area contributed by atoms with Crippen LogP contribution < -0.4 is 20.1 Å². The van der Waals surface area contributed by atoms with Crippen molar-refractivity contribution < 1.29 is 19.1 Å². The number of ether oxygens (including phenoxy) is 2. The molecule has 0 spiro atoms. The number of carbonyl (C=O) groups is 2. The van der Waals surface area contributed by atoms with Crippen LogP contribution in [-0.4, -0.2) is 25.0 Å². The van der Waals surface area contributed by atoms with Crippen molar-refractivity contribution in [3.63, 3.8) is 0 Å². The standard InChI is InChI=1S/C20H22Cl2N2O4/c1-4-8-28-19-16(22)9-13(10-18(19)27-5-2)20(26)24-17-11-14(23-12(3)25)6-7-15(17)21/h6-7,9-11H,4-5,8H2,1-3H3,(H,23,25)(H,24,26). The number of rotatable bonds is 8. The lowest BCUT2D eigenvalue weighted by molar-refractivity contribution is -0.114. The number of anilines is 2. The number of benzene rings is 2. The van der Waals surface area contributed by atoms with E-state index in [2.05, 4.69) is 10.6 Å². The van der Waals surface area contributed by atoms with Gasteiger partial charge in [-0.2, -0.15) is 0 Å². The Morgan fingerprint density at radius 1 is 1.00 bits per heavy atom. The van der Waals surface area contributed by atoms with Gasteiger partial charge in [-0.05, 0) is 43.7 Å². The maximum absolute atomic E-state index is 12.7. The van der Waals surface area contributed by atoms with Gasteiger partial charge in [-0.25, -0.2) is 0 Å². The fraction of sp³-hybridized carbons (Fsp3) is 0.300. The molecule has 150 valence electrons. The summed E-state index contributed by atoms with van der Waals surface area (Å²) in [6.07, 6.45) is 0.813. The molecule has 8 heteroatoms. The van der Waals surface area contributed by atoms with Crippen molar-refractivity contribution in [2.75, 3.05) is 23.8 Å². The van der Waals surface area contributed by atoms with E-state index in [0.29, 0.717) is 46.7 Å². The van der Waals surface area contributed by atoms with Crippen molar-refractivity contribution in [2.24, 2.45) is 0 Å². The number of nitrogens with one attached hydrogen (secondary N) is 2. The topological polar surface area (TPSA) is 76.7 Å². The molecule has 28 heavy (non-hydrogen) atoms. The summed E-state index contributed by atoms with van der Waals surface area (Å²) in [7, 11) is 0. The molecule has 0 aliphatic rings. The molecule has 2 aromatic carbocycles. The van der Waals surface area contributed by atoms with E-state index >= 15 is 0 Å². The number of hydrogen-bond acceptors (Lipinski definition) is 4. The quantitative estimate of drug-likeness (QED) is 0.595. The van der Waals surface area contributed by atoms with E-state index in [1.54, 1.807) is 24.3 Å². The predicted octanol–water partition coefficient (Wildman–Crippen LogP) is 5.39. The van der Waals surface area contributed by atoms with E-state index in [-0.39, 0.29) is 10.9 Å². The van der Waals surface area contributed by atoms with Gasteiger partial charge >= 0.3 is 0 Å². The Balaban J connectivity index is 2.30. The molecule has 0 atom stereocenters. The van der Waals surface area contributed by atoms with Gasteiger partial charge in [0.15, 0.2) is 11.5 Å². The first-order valence-electron chi connectivity index (χ1n) is 8.83. The van der Waals surface area contributed by atoms with Crippen LogP contribution in [0, 0.1) is 0 Å². The second kappa shape index (κ2) is 10.2. The summed E-state index contributed by atoms with van der Waals surface area (Å²) in [4.78, 5) is 23.9. The highest BCUT2D eigenvalue weighted by atomic mass is 35.5. The van der Waals surface area contributed by atoms with E-state index < -0.39 is 5.91 Å². The van der Waals surface area contributed by atoms with Crippen LogP contribution in [0.1, 0.15) is 37.6 Å². The summed E-state index contributed by atoms with van der Waals surface area (Å²) in [6.45, 7) is 6.09. The van der Waals surface area contributed by atoms with Crippen LogP contribution in [0.2, 0.25) is 10.0 Å². The van der Waals surface area contributed by atoms with Gasteiger partial charge in [-0.15, -0.1) is 0 Å². The molecule has 0 unspecified atom stereocenters. The van der Waals surface area contributed by atoms with Crippen molar-refractivity contribution in [2.45, 2.75) is 27.2 Å². The van der Waals surface area contributed by atoms with Crippen molar-refractivity contribution in [3.8, 4) is 11.5 Å². The van der Waals surface area contributed by atoms with Crippen molar-refractivity contribution in [1.82, 2.24) is 0 Å². The molecule has 0 saturated heterocycles. The Labute approximate surface area is 174 Å². The van der Waals surface area contributed by atoms with Crippen LogP contribution >= 0.6 is 23.2 Å². The highest BCUT2D eigenvalue weighted by molar-refractivity contribution is 6.34. The molecule has 0 saturated carbocycles. The fourth-order valence-corrected chi connectivity index (χ4v) is 2.83. The van der Waals surface area contributed by atoms with E-state index in [1.165, 1.54) is 13.0 Å². The number of hydrogen-bond donors (Lipinski definition) is 2. The summed E-state index contributed by atoms with van der Waals surface area (Å²) >= 11 is 12.5. The van der Waals surface area contributed by atoms with Gasteiger partial charge in [-0.1, -0.05) is 30.1 Å². The van der Waals surface area contributed by atoms with Gasteiger partial charge in [0.1, 0.15) is 0 Å². The predicted molar refractivity (Wildman–Crippen MR) is 112 cm³/mol. The van der Waals surface area contributed by atoms with Crippen LogP contribution in [0.15, 0.2) is 30.3 Å². The van der Waals surface area contributed by atoms with E-state index in [4.69, 9.17) is 32.7 Å². The summed E-state index contributed by atoms with van der Waals surface area (Å²) in [5.41, 5.74) is 1.17. The van der Waals surface area contributed by atoms with Crippen LogP contribution in [0.4, 0.5) is 11.4 Å². The highest BCUT2D eigenvalue weighted by Gasteiger charge is 2.17. The third kappa shape index (κ3) is 5.78. The van der Waals surface area contributed by atoms with Gasteiger partial charge in [0, 0.05) is 18.2 Å². The first kappa shape index (κ1) is 21.9. The normalized spacial score (nSPS) is 10.3. The third-order valence-corrected chi connectivity index (χ3v) is 4.17. The summed E-state index contributed by atoms with van der Waals surface area (Å²) in [5, 5.41) is 5.98. The molecule has 0 aliphatic heterocycles. The minimum absolute atomic E-state index is 0.226. The Bertz CT molecular complexity index is 872. The lowest BCUT2D eigenvalue weighted by atomic mass is 10.1. The molecule has 2 rings (SSSR count). The van der Waals surface area contributed by atoms with Crippen molar-refractivity contribution in [1.29, 1.82) is 0 Å². The lowest BCUT2D eigenvalue weighted by Gasteiger charge is -2.15. The molecule has 0 aromatic heterocycles. The molecular formula is C20H22Cl2N2O4. The minimum atomic E-state index is -0.424. The number of carbonyl (C=O) groups excluding carboxylic acids is 2.